The molecule has 114 valence electrons. The quantitative estimate of drug-likeness (QED) is 0.766. The highest BCUT2D eigenvalue weighted by Gasteiger charge is 2.34. The summed E-state index contributed by atoms with van der Waals surface area (Å²) in [4.78, 5) is 36.8. The highest BCUT2D eigenvalue weighted by Crippen LogP contribution is 2.38. The molecule has 0 bridgehead atoms. The van der Waals surface area contributed by atoms with Crippen molar-refractivity contribution in [1.82, 2.24) is 10.3 Å². The van der Waals surface area contributed by atoms with Crippen LogP contribution in [0.25, 0.3) is 0 Å². The zero-order valence-corrected chi connectivity index (χ0v) is 11.9. The van der Waals surface area contributed by atoms with Crippen LogP contribution < -0.4 is 10.9 Å². The summed E-state index contributed by atoms with van der Waals surface area (Å²) in [5.41, 5.74) is -0.501. The monoisotopic (exact) mass is 292 g/mol. The van der Waals surface area contributed by atoms with Crippen LogP contribution in [-0.2, 0) is 4.79 Å². The highest BCUT2D eigenvalue weighted by atomic mass is 16.4. The number of pyridine rings is 1. The summed E-state index contributed by atoms with van der Waals surface area (Å²) in [6.45, 7) is 0.328. The Kier molecular flexibility index (Phi) is 4.77. The lowest BCUT2D eigenvalue weighted by molar-refractivity contribution is -0.140. The molecule has 1 aliphatic rings. The molecule has 21 heavy (non-hydrogen) atoms. The molecule has 1 fully saturated rings. The molecule has 3 N–H and O–H groups in total. The van der Waals surface area contributed by atoms with E-state index in [1.165, 1.54) is 18.2 Å². The fourth-order valence-electron chi connectivity index (χ4n) is 2.98. The number of aliphatic carboxylic acids is 1. The van der Waals surface area contributed by atoms with Gasteiger partial charge in [-0.2, -0.15) is 0 Å². The molecule has 6 heteroatoms. The van der Waals surface area contributed by atoms with E-state index < -0.39 is 5.97 Å². The Morgan fingerprint density at radius 3 is 2.57 bits per heavy atom. The molecule has 6 nitrogen and oxygen atoms in total. The van der Waals surface area contributed by atoms with Gasteiger partial charge in [-0.25, -0.2) is 0 Å². The second-order valence-corrected chi connectivity index (χ2v) is 5.74. The van der Waals surface area contributed by atoms with Crippen molar-refractivity contribution in [2.75, 3.05) is 6.54 Å². The topological polar surface area (TPSA) is 99.3 Å². The lowest BCUT2D eigenvalue weighted by Crippen LogP contribution is -2.40. The smallest absolute Gasteiger partial charge is 0.303 e. The molecule has 0 unspecified atom stereocenters. The van der Waals surface area contributed by atoms with Gasteiger partial charge in [-0.05, 0) is 24.3 Å². The van der Waals surface area contributed by atoms with Crippen LogP contribution in [0.2, 0.25) is 0 Å². The van der Waals surface area contributed by atoms with Crippen LogP contribution in [-0.4, -0.2) is 28.5 Å². The van der Waals surface area contributed by atoms with E-state index in [0.29, 0.717) is 6.54 Å². The number of aromatic nitrogens is 1. The summed E-state index contributed by atoms with van der Waals surface area (Å²) in [6.07, 6.45) is 4.78. The maximum atomic E-state index is 12.0. The summed E-state index contributed by atoms with van der Waals surface area (Å²) < 4.78 is 0. The molecule has 0 aromatic carbocycles. The lowest BCUT2D eigenvalue weighted by Gasteiger charge is -2.36. The molecule has 1 aliphatic carbocycles. The summed E-state index contributed by atoms with van der Waals surface area (Å²) in [7, 11) is 0. The largest absolute Gasteiger partial charge is 0.481 e. The fraction of sp³-hybridized carbons (Fsp3) is 0.533. The van der Waals surface area contributed by atoms with Crippen molar-refractivity contribution in [2.24, 2.45) is 5.41 Å². The van der Waals surface area contributed by atoms with E-state index in [9.17, 15) is 14.4 Å². The van der Waals surface area contributed by atoms with Crippen LogP contribution in [0.3, 0.4) is 0 Å². The molecule has 0 aliphatic heterocycles. The highest BCUT2D eigenvalue weighted by molar-refractivity contribution is 5.92. The van der Waals surface area contributed by atoms with Gasteiger partial charge in [0.15, 0.2) is 0 Å². The number of H-pyrrole nitrogens is 1. The van der Waals surface area contributed by atoms with Crippen molar-refractivity contribution in [1.29, 1.82) is 0 Å². The Bertz CT molecular complexity index is 573. The van der Waals surface area contributed by atoms with E-state index in [1.54, 1.807) is 0 Å². The lowest BCUT2D eigenvalue weighted by atomic mass is 9.71. The third-order valence-corrected chi connectivity index (χ3v) is 4.08. The number of carbonyl (C=O) groups excluding carboxylic acids is 1. The minimum absolute atomic E-state index is 0.0680. The van der Waals surface area contributed by atoms with E-state index in [4.69, 9.17) is 5.11 Å². The maximum absolute atomic E-state index is 12.0. The van der Waals surface area contributed by atoms with Crippen molar-refractivity contribution < 1.29 is 14.7 Å². The third-order valence-electron chi connectivity index (χ3n) is 4.08. The summed E-state index contributed by atoms with van der Waals surface area (Å²) in [6, 6.07) is 4.38. The van der Waals surface area contributed by atoms with Crippen molar-refractivity contribution in [3.8, 4) is 0 Å². The van der Waals surface area contributed by atoms with E-state index in [0.717, 1.165) is 32.1 Å². The van der Waals surface area contributed by atoms with Crippen molar-refractivity contribution in [3.05, 3.63) is 34.2 Å². The first-order valence-corrected chi connectivity index (χ1v) is 7.20. The molecule has 1 aromatic rings. The fourth-order valence-corrected chi connectivity index (χ4v) is 2.98. The Balaban J connectivity index is 2.02. The van der Waals surface area contributed by atoms with Crippen LogP contribution in [0.5, 0.6) is 0 Å². The maximum Gasteiger partial charge on any atom is 0.303 e. The molecule has 2 rings (SSSR count). The van der Waals surface area contributed by atoms with Gasteiger partial charge in [0.2, 0.25) is 5.56 Å². The molecule has 1 aromatic heterocycles. The van der Waals surface area contributed by atoms with Gasteiger partial charge in [0, 0.05) is 12.6 Å². The SMILES string of the molecule is O=C(O)CC1(CNC(=O)c2cccc(=O)[nH]2)CCCCC1. The summed E-state index contributed by atoms with van der Waals surface area (Å²) in [5, 5.41) is 11.9. The van der Waals surface area contributed by atoms with E-state index in [1.807, 2.05) is 0 Å². The average Bonchev–Trinajstić information content (AvgIpc) is 2.45. The zero-order chi connectivity index (χ0) is 15.3. The summed E-state index contributed by atoms with van der Waals surface area (Å²) in [5.74, 6) is -1.21. The molecule has 0 atom stereocenters. The van der Waals surface area contributed by atoms with Crippen LogP contribution in [0.4, 0.5) is 0 Å². The van der Waals surface area contributed by atoms with Gasteiger partial charge in [0.1, 0.15) is 5.69 Å². The van der Waals surface area contributed by atoms with E-state index in [-0.39, 0.29) is 29.0 Å². The molecule has 1 saturated carbocycles. The van der Waals surface area contributed by atoms with Gasteiger partial charge in [-0.1, -0.05) is 25.3 Å². The first-order valence-electron chi connectivity index (χ1n) is 7.20. The molecular weight excluding hydrogens is 272 g/mol. The van der Waals surface area contributed by atoms with Crippen molar-refractivity contribution in [3.63, 3.8) is 0 Å². The predicted octanol–water partition coefficient (Wildman–Crippen LogP) is 1.53. The van der Waals surface area contributed by atoms with Gasteiger partial charge in [-0.15, -0.1) is 0 Å². The van der Waals surface area contributed by atoms with Crippen molar-refractivity contribution >= 4 is 11.9 Å². The van der Waals surface area contributed by atoms with Gasteiger partial charge in [0.05, 0.1) is 6.42 Å². The first kappa shape index (κ1) is 15.3. The Morgan fingerprint density at radius 2 is 1.95 bits per heavy atom. The van der Waals surface area contributed by atoms with Gasteiger partial charge in [0.25, 0.3) is 5.91 Å². The predicted molar refractivity (Wildman–Crippen MR) is 77.2 cm³/mol. The number of carboxylic acids is 1. The third kappa shape index (κ3) is 4.18. The number of hydrogen-bond acceptors (Lipinski definition) is 3. The van der Waals surface area contributed by atoms with E-state index in [2.05, 4.69) is 10.3 Å². The number of hydrogen-bond donors (Lipinski definition) is 3. The second kappa shape index (κ2) is 6.56. The molecule has 1 heterocycles. The number of amides is 1. The molecule has 0 spiro atoms. The standard InChI is InChI=1S/C15H20N2O4/c18-12-6-4-5-11(17-12)14(21)16-10-15(9-13(19)20)7-2-1-3-8-15/h4-6H,1-3,7-10H2,(H,16,21)(H,17,18)(H,19,20). The van der Waals surface area contributed by atoms with Crippen LogP contribution >= 0.6 is 0 Å². The number of rotatable bonds is 5. The average molecular weight is 292 g/mol. The van der Waals surface area contributed by atoms with Gasteiger partial charge < -0.3 is 15.4 Å². The first-order chi connectivity index (χ1) is 10.0. The van der Waals surface area contributed by atoms with Crippen LogP contribution in [0, 0.1) is 5.41 Å². The van der Waals surface area contributed by atoms with Gasteiger partial charge in [-0.3, -0.25) is 14.4 Å². The van der Waals surface area contributed by atoms with Gasteiger partial charge >= 0.3 is 5.97 Å². The van der Waals surface area contributed by atoms with Crippen LogP contribution in [0.15, 0.2) is 23.0 Å². The Labute approximate surface area is 122 Å². The Hall–Kier alpha value is -2.11. The normalized spacial score (nSPS) is 17.1. The van der Waals surface area contributed by atoms with Crippen LogP contribution in [0.1, 0.15) is 49.0 Å². The molecule has 0 saturated heterocycles. The van der Waals surface area contributed by atoms with Crippen molar-refractivity contribution in [2.45, 2.75) is 38.5 Å². The number of carbonyl (C=O) groups is 2. The molecular formula is C15H20N2O4. The second-order valence-electron chi connectivity index (χ2n) is 5.74. The van der Waals surface area contributed by atoms with E-state index >= 15 is 0 Å². The number of aromatic amines is 1. The minimum atomic E-state index is -0.834. The molecule has 1 amide bonds. The zero-order valence-electron chi connectivity index (χ0n) is 11.9. The Morgan fingerprint density at radius 1 is 1.24 bits per heavy atom. The molecule has 0 radical (unpaired) electrons. The minimum Gasteiger partial charge on any atom is -0.481 e. The number of carboxylic acid groups (broad SMARTS) is 1. The summed E-state index contributed by atoms with van der Waals surface area (Å²) >= 11 is 0. The number of nitrogens with one attached hydrogen (secondary N) is 2.